The number of fused-ring (bicyclic) bond motifs is 1. The molecule has 2 amide bonds. The standard InChI is InChI=1S/C23H21FN4O5/c1-13-19(22-26-21(27-33-22)15-6-7-17-18(11-15)32-12-31-17)20(14-4-3-5-16(24)10-14)25-23(29)28(13)8-9-30-2/h3-7,10-11,20H,8-9,12H2,1-2H3,(H,25,29). The maximum atomic E-state index is 14.0. The number of urea groups is 1. The second kappa shape index (κ2) is 8.55. The molecule has 0 aliphatic carbocycles. The molecule has 3 aromatic rings. The Labute approximate surface area is 188 Å². The van der Waals surface area contributed by atoms with Crippen LogP contribution in [0.4, 0.5) is 9.18 Å². The lowest BCUT2D eigenvalue weighted by molar-refractivity contribution is 0.158. The number of carbonyl (C=O) groups excluding carboxylic acids is 1. The van der Waals surface area contributed by atoms with Crippen LogP contribution in [0, 0.1) is 5.82 Å². The summed E-state index contributed by atoms with van der Waals surface area (Å²) in [7, 11) is 1.56. The van der Waals surface area contributed by atoms with Crippen LogP contribution in [0.5, 0.6) is 11.5 Å². The van der Waals surface area contributed by atoms with E-state index in [1.807, 2.05) is 0 Å². The lowest BCUT2D eigenvalue weighted by atomic mass is 9.94. The quantitative estimate of drug-likeness (QED) is 0.608. The van der Waals surface area contributed by atoms with Gasteiger partial charge in [-0.2, -0.15) is 4.98 Å². The summed E-state index contributed by atoms with van der Waals surface area (Å²) in [6.07, 6.45) is 0. The van der Waals surface area contributed by atoms with Gasteiger partial charge in [0.2, 0.25) is 12.6 Å². The van der Waals surface area contributed by atoms with E-state index in [0.717, 1.165) is 0 Å². The average Bonchev–Trinajstić information content (AvgIpc) is 3.48. The monoisotopic (exact) mass is 452 g/mol. The van der Waals surface area contributed by atoms with E-state index in [-0.39, 0.29) is 18.7 Å². The molecule has 1 aromatic heterocycles. The summed E-state index contributed by atoms with van der Waals surface area (Å²) in [5, 5.41) is 7.05. The molecule has 2 aliphatic heterocycles. The molecule has 2 aromatic carbocycles. The molecule has 10 heteroatoms. The second-order valence-electron chi connectivity index (χ2n) is 7.57. The summed E-state index contributed by atoms with van der Waals surface area (Å²) in [4.78, 5) is 19.0. The lowest BCUT2D eigenvalue weighted by Gasteiger charge is -2.35. The van der Waals surface area contributed by atoms with Crippen molar-refractivity contribution in [2.24, 2.45) is 0 Å². The molecule has 170 valence electrons. The van der Waals surface area contributed by atoms with Crippen LogP contribution in [0.25, 0.3) is 17.0 Å². The Morgan fingerprint density at radius 3 is 2.88 bits per heavy atom. The summed E-state index contributed by atoms with van der Waals surface area (Å²) < 4.78 is 35.5. The fraction of sp³-hybridized carbons (Fsp3) is 0.261. The third-order valence-corrected chi connectivity index (χ3v) is 5.58. The van der Waals surface area contributed by atoms with Gasteiger partial charge < -0.3 is 24.1 Å². The van der Waals surface area contributed by atoms with Crippen LogP contribution in [0.1, 0.15) is 24.4 Å². The number of amides is 2. The van der Waals surface area contributed by atoms with Crippen molar-refractivity contribution in [1.29, 1.82) is 0 Å². The number of benzene rings is 2. The van der Waals surface area contributed by atoms with Crippen LogP contribution >= 0.6 is 0 Å². The molecule has 1 atom stereocenters. The number of ether oxygens (including phenoxy) is 3. The van der Waals surface area contributed by atoms with Gasteiger partial charge >= 0.3 is 6.03 Å². The van der Waals surface area contributed by atoms with Crippen LogP contribution in [-0.4, -0.2) is 48.1 Å². The first-order valence-corrected chi connectivity index (χ1v) is 10.3. The van der Waals surface area contributed by atoms with Gasteiger partial charge in [-0.3, -0.25) is 4.90 Å². The third kappa shape index (κ3) is 3.89. The largest absolute Gasteiger partial charge is 0.454 e. The summed E-state index contributed by atoms with van der Waals surface area (Å²) in [5.74, 6) is 1.41. The van der Waals surface area contributed by atoms with E-state index in [0.29, 0.717) is 52.9 Å². The van der Waals surface area contributed by atoms with Gasteiger partial charge in [-0.05, 0) is 42.8 Å². The van der Waals surface area contributed by atoms with E-state index in [1.165, 1.54) is 12.1 Å². The number of nitrogens with zero attached hydrogens (tertiary/aromatic N) is 3. The third-order valence-electron chi connectivity index (χ3n) is 5.58. The molecular weight excluding hydrogens is 431 g/mol. The van der Waals surface area contributed by atoms with Gasteiger partial charge in [0.15, 0.2) is 11.5 Å². The van der Waals surface area contributed by atoms with Gasteiger partial charge in [0, 0.05) is 18.4 Å². The van der Waals surface area contributed by atoms with Gasteiger partial charge in [0.25, 0.3) is 5.89 Å². The second-order valence-corrected chi connectivity index (χ2v) is 7.57. The maximum Gasteiger partial charge on any atom is 0.322 e. The molecule has 0 fully saturated rings. The number of allylic oxidation sites excluding steroid dienone is 1. The number of aromatic nitrogens is 2. The van der Waals surface area contributed by atoms with E-state index in [2.05, 4.69) is 15.5 Å². The SMILES string of the molecule is COCCN1C(=O)NC(c2cccc(F)c2)C(c2nc(-c3ccc4c(c3)OCO4)no2)=C1C. The number of methoxy groups -OCH3 is 1. The first-order valence-electron chi connectivity index (χ1n) is 10.3. The Balaban J connectivity index is 1.57. The zero-order chi connectivity index (χ0) is 22.9. The Hall–Kier alpha value is -3.92. The minimum absolute atomic E-state index is 0.161. The van der Waals surface area contributed by atoms with E-state index in [9.17, 15) is 9.18 Å². The average molecular weight is 452 g/mol. The molecule has 1 N–H and O–H groups in total. The zero-order valence-corrected chi connectivity index (χ0v) is 18.0. The van der Waals surface area contributed by atoms with Crippen LogP contribution < -0.4 is 14.8 Å². The van der Waals surface area contributed by atoms with Crippen LogP contribution in [-0.2, 0) is 4.74 Å². The molecule has 33 heavy (non-hydrogen) atoms. The van der Waals surface area contributed by atoms with E-state index >= 15 is 0 Å². The summed E-state index contributed by atoms with van der Waals surface area (Å²) in [6.45, 7) is 2.63. The highest BCUT2D eigenvalue weighted by Gasteiger charge is 2.35. The number of hydrogen-bond acceptors (Lipinski definition) is 7. The predicted molar refractivity (Wildman–Crippen MR) is 115 cm³/mol. The molecule has 0 saturated heterocycles. The predicted octanol–water partition coefficient (Wildman–Crippen LogP) is 3.75. The fourth-order valence-corrected chi connectivity index (χ4v) is 3.93. The number of carbonyl (C=O) groups is 1. The highest BCUT2D eigenvalue weighted by molar-refractivity contribution is 5.86. The number of halogens is 1. The highest BCUT2D eigenvalue weighted by Crippen LogP contribution is 2.39. The van der Waals surface area contributed by atoms with Crippen molar-refractivity contribution in [3.05, 3.63) is 65.4 Å². The lowest BCUT2D eigenvalue weighted by Crippen LogP contribution is -2.47. The number of nitrogens with one attached hydrogen (secondary N) is 1. The Morgan fingerprint density at radius 1 is 1.21 bits per heavy atom. The van der Waals surface area contributed by atoms with Crippen molar-refractivity contribution in [1.82, 2.24) is 20.4 Å². The Bertz CT molecular complexity index is 1240. The first-order chi connectivity index (χ1) is 16.0. The van der Waals surface area contributed by atoms with Crippen LogP contribution in [0.3, 0.4) is 0 Å². The molecule has 0 spiro atoms. The summed E-state index contributed by atoms with van der Waals surface area (Å²) in [5.41, 5.74) is 2.44. The first kappa shape index (κ1) is 21.0. The Kier molecular flexibility index (Phi) is 5.43. The highest BCUT2D eigenvalue weighted by atomic mass is 19.1. The van der Waals surface area contributed by atoms with Crippen molar-refractivity contribution >= 4 is 11.6 Å². The summed E-state index contributed by atoms with van der Waals surface area (Å²) in [6, 6.07) is 10.4. The van der Waals surface area contributed by atoms with Gasteiger partial charge in [-0.25, -0.2) is 9.18 Å². The van der Waals surface area contributed by atoms with Gasteiger partial charge in [0.1, 0.15) is 5.82 Å². The minimum atomic E-state index is -0.669. The van der Waals surface area contributed by atoms with Crippen molar-refractivity contribution in [3.8, 4) is 22.9 Å². The molecule has 0 saturated carbocycles. The van der Waals surface area contributed by atoms with Gasteiger partial charge in [0.05, 0.1) is 24.8 Å². The molecule has 5 rings (SSSR count). The molecule has 0 bridgehead atoms. The smallest absolute Gasteiger partial charge is 0.322 e. The van der Waals surface area contributed by atoms with Crippen molar-refractivity contribution in [2.75, 3.05) is 27.1 Å². The number of hydrogen-bond donors (Lipinski definition) is 1. The molecule has 9 nitrogen and oxygen atoms in total. The molecule has 0 radical (unpaired) electrons. The van der Waals surface area contributed by atoms with E-state index < -0.39 is 11.9 Å². The molecular formula is C23H21FN4O5. The molecule has 1 unspecified atom stereocenters. The summed E-state index contributed by atoms with van der Waals surface area (Å²) >= 11 is 0. The fourth-order valence-electron chi connectivity index (χ4n) is 3.93. The van der Waals surface area contributed by atoms with Crippen LogP contribution in [0.2, 0.25) is 0 Å². The van der Waals surface area contributed by atoms with Crippen molar-refractivity contribution in [3.63, 3.8) is 0 Å². The zero-order valence-electron chi connectivity index (χ0n) is 18.0. The van der Waals surface area contributed by atoms with Crippen molar-refractivity contribution in [2.45, 2.75) is 13.0 Å². The van der Waals surface area contributed by atoms with E-state index in [4.69, 9.17) is 18.7 Å². The minimum Gasteiger partial charge on any atom is -0.454 e. The van der Waals surface area contributed by atoms with Gasteiger partial charge in [-0.15, -0.1) is 0 Å². The maximum absolute atomic E-state index is 14.0. The van der Waals surface area contributed by atoms with Crippen molar-refractivity contribution < 1.29 is 27.9 Å². The number of rotatable bonds is 6. The Morgan fingerprint density at radius 2 is 2.06 bits per heavy atom. The van der Waals surface area contributed by atoms with Crippen LogP contribution in [0.15, 0.2) is 52.7 Å². The normalized spacial score (nSPS) is 17.5. The molecule has 3 heterocycles. The van der Waals surface area contributed by atoms with E-state index in [1.54, 1.807) is 49.3 Å². The van der Waals surface area contributed by atoms with Gasteiger partial charge in [-0.1, -0.05) is 17.3 Å². The topological polar surface area (TPSA) is 99.0 Å². The molecule has 2 aliphatic rings.